The van der Waals surface area contributed by atoms with Crippen molar-refractivity contribution in [2.24, 2.45) is 5.41 Å². The Balaban J connectivity index is 1.54. The highest BCUT2D eigenvalue weighted by atomic mass is 16.2. The third-order valence-electron chi connectivity index (χ3n) is 6.30. The molecule has 0 atom stereocenters. The van der Waals surface area contributed by atoms with E-state index in [0.29, 0.717) is 18.5 Å². The number of aromatic amines is 1. The van der Waals surface area contributed by atoms with Crippen LogP contribution in [0.5, 0.6) is 0 Å². The maximum absolute atomic E-state index is 13.1. The molecule has 1 fully saturated rings. The number of anilines is 4. The average molecular weight is 406 g/mol. The number of amides is 1. The van der Waals surface area contributed by atoms with Crippen molar-refractivity contribution in [2.75, 3.05) is 28.7 Å². The number of carbonyl (C=O) groups excluding carboxylic acids is 1. The molecule has 0 radical (unpaired) electrons. The molecule has 8 heteroatoms. The van der Waals surface area contributed by atoms with Gasteiger partial charge in [-0.2, -0.15) is 10.1 Å². The quantitative estimate of drug-likeness (QED) is 0.688. The Morgan fingerprint density at radius 1 is 1.20 bits per heavy atom. The molecule has 5 rings (SSSR count). The van der Waals surface area contributed by atoms with Gasteiger partial charge < -0.3 is 15.1 Å². The summed E-state index contributed by atoms with van der Waals surface area (Å²) in [4.78, 5) is 26.6. The summed E-state index contributed by atoms with van der Waals surface area (Å²) >= 11 is 0. The zero-order valence-electron chi connectivity index (χ0n) is 17.6. The van der Waals surface area contributed by atoms with Crippen LogP contribution in [0.3, 0.4) is 0 Å². The van der Waals surface area contributed by atoms with E-state index in [-0.39, 0.29) is 5.91 Å². The molecule has 8 nitrogen and oxygen atoms in total. The Labute approximate surface area is 175 Å². The minimum atomic E-state index is -0.489. The summed E-state index contributed by atoms with van der Waals surface area (Å²) in [5, 5.41) is 11.4. The molecule has 0 saturated heterocycles. The minimum Gasteiger partial charge on any atom is -0.351 e. The molecule has 2 aromatic heterocycles. The van der Waals surface area contributed by atoms with Gasteiger partial charge in [-0.25, -0.2) is 4.98 Å². The highest BCUT2D eigenvalue weighted by Crippen LogP contribution is 2.40. The second kappa shape index (κ2) is 6.97. The summed E-state index contributed by atoms with van der Waals surface area (Å²) < 4.78 is 0. The number of carbonyl (C=O) groups is 1. The number of benzene rings is 1. The molecular formula is C22H27N7O. The summed E-state index contributed by atoms with van der Waals surface area (Å²) in [5.74, 6) is 1.46. The molecule has 1 aliphatic carbocycles. The van der Waals surface area contributed by atoms with Gasteiger partial charge in [-0.05, 0) is 44.9 Å². The number of nitrogens with zero attached hydrogens (tertiary/aromatic N) is 5. The molecule has 3 aromatic rings. The first-order chi connectivity index (χ1) is 14.4. The number of rotatable bonds is 3. The van der Waals surface area contributed by atoms with Crippen molar-refractivity contribution in [1.82, 2.24) is 20.2 Å². The Kier molecular flexibility index (Phi) is 4.38. The van der Waals surface area contributed by atoms with E-state index in [0.717, 1.165) is 40.9 Å². The van der Waals surface area contributed by atoms with E-state index >= 15 is 0 Å². The largest absolute Gasteiger partial charge is 0.351 e. The van der Waals surface area contributed by atoms with Crippen LogP contribution in [0, 0.1) is 5.41 Å². The third kappa shape index (κ3) is 3.16. The van der Waals surface area contributed by atoms with Crippen LogP contribution in [0.4, 0.5) is 23.1 Å². The molecule has 1 aromatic carbocycles. The molecule has 3 heterocycles. The number of hydrogen-bond acceptors (Lipinski definition) is 6. The van der Waals surface area contributed by atoms with Gasteiger partial charge in [0.2, 0.25) is 11.9 Å². The second-order valence-corrected chi connectivity index (χ2v) is 9.01. The Morgan fingerprint density at radius 2 is 2.00 bits per heavy atom. The molecule has 30 heavy (non-hydrogen) atoms. The van der Waals surface area contributed by atoms with E-state index in [1.165, 1.54) is 12.8 Å². The highest BCUT2D eigenvalue weighted by molar-refractivity contribution is 6.00. The fourth-order valence-electron chi connectivity index (χ4n) is 4.67. The average Bonchev–Trinajstić information content (AvgIpc) is 3.41. The van der Waals surface area contributed by atoms with Crippen molar-refractivity contribution >= 4 is 40.0 Å². The van der Waals surface area contributed by atoms with Crippen molar-refractivity contribution < 1.29 is 4.79 Å². The first-order valence-electron chi connectivity index (χ1n) is 10.5. The van der Waals surface area contributed by atoms with Crippen LogP contribution in [-0.2, 0) is 4.79 Å². The topological polar surface area (TPSA) is 90.0 Å². The van der Waals surface area contributed by atoms with Gasteiger partial charge in [-0.3, -0.25) is 9.89 Å². The van der Waals surface area contributed by atoms with E-state index in [2.05, 4.69) is 25.4 Å². The van der Waals surface area contributed by atoms with Gasteiger partial charge in [-0.1, -0.05) is 12.8 Å². The number of hydrogen-bond donors (Lipinski definition) is 2. The predicted molar refractivity (Wildman–Crippen MR) is 118 cm³/mol. The van der Waals surface area contributed by atoms with Crippen molar-refractivity contribution in [3.05, 3.63) is 30.6 Å². The zero-order valence-corrected chi connectivity index (χ0v) is 17.6. The van der Waals surface area contributed by atoms with E-state index in [1.807, 2.05) is 39.1 Å². The molecule has 1 amide bonds. The molecule has 2 N–H and O–H groups in total. The van der Waals surface area contributed by atoms with Crippen molar-refractivity contribution in [1.29, 1.82) is 0 Å². The number of nitrogens with one attached hydrogen (secondary N) is 2. The standard InChI is InChI=1S/C22H27N7O/c1-22(2)13-29(16-6-4-5-7-16)19-18(28(3)20(22)30)12-23-21(26-19)25-15-9-8-14-11-24-27-17(14)10-15/h8-12,16H,4-7,13H2,1-3H3,(H,24,27)(H,23,25,26). The predicted octanol–water partition coefficient (Wildman–Crippen LogP) is 3.85. The Bertz CT molecular complexity index is 1100. The molecule has 0 spiro atoms. The summed E-state index contributed by atoms with van der Waals surface area (Å²) in [6.45, 7) is 4.70. The van der Waals surface area contributed by atoms with Crippen LogP contribution in [0.1, 0.15) is 39.5 Å². The lowest BCUT2D eigenvalue weighted by atomic mass is 9.91. The fraction of sp³-hybridized carbons (Fsp3) is 0.455. The van der Waals surface area contributed by atoms with Crippen LogP contribution in [-0.4, -0.2) is 45.7 Å². The van der Waals surface area contributed by atoms with E-state index < -0.39 is 5.41 Å². The maximum Gasteiger partial charge on any atom is 0.234 e. The SMILES string of the molecule is CN1C(=O)C(C)(C)CN(C2CCCC2)c2nc(Nc3ccc4cn[nH]c4c3)ncc21. The van der Waals surface area contributed by atoms with Gasteiger partial charge in [0.25, 0.3) is 0 Å². The third-order valence-corrected chi connectivity index (χ3v) is 6.30. The molecular weight excluding hydrogens is 378 g/mol. The van der Waals surface area contributed by atoms with Crippen LogP contribution in [0.15, 0.2) is 30.6 Å². The van der Waals surface area contributed by atoms with Crippen molar-refractivity contribution in [2.45, 2.75) is 45.6 Å². The monoisotopic (exact) mass is 405 g/mol. The first-order valence-corrected chi connectivity index (χ1v) is 10.5. The van der Waals surface area contributed by atoms with E-state index in [9.17, 15) is 4.79 Å². The molecule has 1 saturated carbocycles. The smallest absolute Gasteiger partial charge is 0.234 e. The van der Waals surface area contributed by atoms with Crippen LogP contribution >= 0.6 is 0 Å². The van der Waals surface area contributed by atoms with Crippen LogP contribution in [0.25, 0.3) is 10.9 Å². The van der Waals surface area contributed by atoms with E-state index in [1.54, 1.807) is 17.3 Å². The van der Waals surface area contributed by atoms with Gasteiger partial charge in [0.05, 0.1) is 23.3 Å². The molecule has 2 aliphatic rings. The summed E-state index contributed by atoms with van der Waals surface area (Å²) in [5.41, 5.74) is 2.12. The van der Waals surface area contributed by atoms with E-state index in [4.69, 9.17) is 4.98 Å². The van der Waals surface area contributed by atoms with Crippen molar-refractivity contribution in [3.8, 4) is 0 Å². The second-order valence-electron chi connectivity index (χ2n) is 9.01. The Hall–Kier alpha value is -3.16. The van der Waals surface area contributed by atoms with Gasteiger partial charge in [-0.15, -0.1) is 0 Å². The lowest BCUT2D eigenvalue weighted by Crippen LogP contribution is -2.45. The first kappa shape index (κ1) is 18.8. The van der Waals surface area contributed by atoms with Gasteiger partial charge >= 0.3 is 0 Å². The summed E-state index contributed by atoms with van der Waals surface area (Å²) in [7, 11) is 1.82. The van der Waals surface area contributed by atoms with Gasteiger partial charge in [0.1, 0.15) is 5.69 Å². The number of fused-ring (bicyclic) bond motifs is 2. The summed E-state index contributed by atoms with van der Waals surface area (Å²) in [6, 6.07) is 6.39. The molecule has 156 valence electrons. The summed E-state index contributed by atoms with van der Waals surface area (Å²) in [6.07, 6.45) is 8.28. The van der Waals surface area contributed by atoms with Crippen LogP contribution in [0.2, 0.25) is 0 Å². The molecule has 0 bridgehead atoms. The van der Waals surface area contributed by atoms with Gasteiger partial charge in [0, 0.05) is 30.7 Å². The zero-order chi connectivity index (χ0) is 20.9. The highest BCUT2D eigenvalue weighted by Gasteiger charge is 2.41. The molecule has 1 aliphatic heterocycles. The fourth-order valence-corrected chi connectivity index (χ4v) is 4.67. The lowest BCUT2D eigenvalue weighted by molar-refractivity contribution is -0.125. The van der Waals surface area contributed by atoms with Crippen molar-refractivity contribution in [3.63, 3.8) is 0 Å². The number of H-pyrrole nitrogens is 1. The maximum atomic E-state index is 13.1. The normalized spacial score (nSPS) is 19.2. The molecule has 0 unspecified atom stereocenters. The Morgan fingerprint density at radius 3 is 2.80 bits per heavy atom. The number of aromatic nitrogens is 4. The lowest BCUT2D eigenvalue weighted by Gasteiger charge is -2.34. The van der Waals surface area contributed by atoms with Crippen LogP contribution < -0.4 is 15.1 Å². The van der Waals surface area contributed by atoms with Gasteiger partial charge in [0.15, 0.2) is 5.82 Å². The minimum absolute atomic E-state index is 0.0956.